The number of hydrogen-bond acceptors (Lipinski definition) is 14. The van der Waals surface area contributed by atoms with Crippen molar-refractivity contribution in [2.24, 2.45) is 0 Å². The van der Waals surface area contributed by atoms with Crippen LogP contribution in [0.15, 0.2) is 213 Å². The van der Waals surface area contributed by atoms with E-state index in [4.69, 9.17) is 67.2 Å². The molecule has 127 heavy (non-hydrogen) atoms. The number of carboxylic acids is 2. The van der Waals surface area contributed by atoms with Gasteiger partial charge in [-0.1, -0.05) is 196 Å². The van der Waals surface area contributed by atoms with Crippen LogP contribution in [-0.4, -0.2) is 102 Å². The summed E-state index contributed by atoms with van der Waals surface area (Å²) in [6, 6.07) is 46.8. The second-order valence-electron chi connectivity index (χ2n) is 25.1. The van der Waals surface area contributed by atoms with Crippen LogP contribution in [0.3, 0.4) is 0 Å². The molecule has 0 aliphatic carbocycles. The zero-order valence-corrected chi connectivity index (χ0v) is 73.9. The van der Waals surface area contributed by atoms with Crippen LogP contribution in [0.5, 0.6) is 0 Å². The molecule has 55 heteroatoms. The van der Waals surface area contributed by atoms with Crippen LogP contribution in [0.25, 0.3) is 0 Å². The quantitative estimate of drug-likeness (QED) is 0.0137. The standard InChI is InChI=1S/C19H12Cl2F3S.C15H24O3S.C14H12O3.C8H3BF6.C7H8O3S.C6BF5.C2H2Cl2O2.CHF3O3S.F6P.6FH.Sb/c20-14-3-9-17(10-4-14)25(18-11-5-15(21)6-12-18)16-7-1-13(2-8-16)19(22,23)24;1-9(2)12-7-13(10(3)4)15(19(16,17)18)14(8-12)11(5)6;15-13(16)14(17,11-7-3-1-4-8-11)12-9-5-2-6-10-12;9-6-2-4(7(10,11)12)1-5(3-6)8(13,14)15;1-6-2-4-7(5-3-6)11(8,9)10;7-1-2(8)4(10)6(12)5(11)3(1)9;3-1(4)2(5)6;2-1(3,4)8(5,6)7;1-7(2,3,4,5)6;;;;;;;/h1-12H;7-11H,1-6H3,(H,16,17,18);1-10,17H,(H,15,16);1-3H;2-5H,1H3,(H,8,9,10);;1H,(H,5,6);(H,5,6,7);;6*1H;/q+1;;;;;;;;-1;;;;;;;+5/p-11. The van der Waals surface area contributed by atoms with Crippen LogP contribution in [-0.2, 0) is 75.0 Å². The first-order chi connectivity index (χ1) is 56.2. The summed E-state index contributed by atoms with van der Waals surface area (Å²) in [5.41, 5.74) is -9.31. The minimum absolute atomic E-state index is 0. The van der Waals surface area contributed by atoms with Crippen molar-refractivity contribution in [1.29, 1.82) is 0 Å². The number of carbonyl (C=O) groups excluding carboxylic acids is 2. The van der Waals surface area contributed by atoms with Crippen molar-refractivity contribution in [2.45, 2.75) is 125 Å². The molecule has 14 nitrogen and oxygen atoms in total. The Morgan fingerprint density at radius 2 is 0.724 bits per heavy atom. The molecule has 9 aromatic carbocycles. The maximum atomic E-state index is 12.8. The molecule has 706 valence electrons. The average molecular weight is 2140 g/mol. The number of alkyl halides is 14. The van der Waals surface area contributed by atoms with Crippen molar-refractivity contribution in [1.82, 2.24) is 0 Å². The Hall–Kier alpha value is -7.53. The summed E-state index contributed by atoms with van der Waals surface area (Å²) in [4.78, 5) is 21.7. The van der Waals surface area contributed by atoms with E-state index in [-0.39, 0.29) is 43.5 Å². The zero-order valence-electron chi connectivity index (χ0n) is 64.1. The molecule has 0 bridgehead atoms. The van der Waals surface area contributed by atoms with Gasteiger partial charge in [0.1, 0.15) is 40.8 Å². The molecule has 0 spiro atoms. The predicted octanol–water partition coefficient (Wildman–Crippen LogP) is 18.0. The van der Waals surface area contributed by atoms with Crippen molar-refractivity contribution in [3.05, 3.63) is 277 Å². The van der Waals surface area contributed by atoms with E-state index in [2.05, 4.69) is 21.7 Å². The summed E-state index contributed by atoms with van der Waals surface area (Å²) in [5.74, 6) is -13.0. The Balaban J connectivity index is 0. The second kappa shape index (κ2) is 47.0. The van der Waals surface area contributed by atoms with E-state index in [1.54, 1.807) is 97.1 Å². The van der Waals surface area contributed by atoms with Gasteiger partial charge in [0.15, 0.2) is 59.5 Å². The van der Waals surface area contributed by atoms with E-state index in [0.717, 1.165) is 37.9 Å². The van der Waals surface area contributed by atoms with Gasteiger partial charge in [0, 0.05) is 10.0 Å². The molecule has 0 aromatic heterocycles. The van der Waals surface area contributed by atoms with E-state index >= 15 is 0 Å². The molecule has 0 aliphatic rings. The predicted molar refractivity (Wildman–Crippen MR) is 408 cm³/mol. The Morgan fingerprint density at radius 3 is 0.953 bits per heavy atom. The Kier molecular flexibility index (Phi) is 45.0. The fraction of sp³-hybridized carbons (Fsp3) is 0.222. The maximum absolute atomic E-state index is 12.8. The molecule has 0 heterocycles. The first-order valence-electron chi connectivity index (χ1n) is 32.8. The van der Waals surface area contributed by atoms with Crippen LogP contribution in [0, 0.1) is 36.0 Å². The molecular weight excluding hydrogens is 2080 g/mol. The third-order valence-corrected chi connectivity index (χ3v) is 19.6. The molecule has 0 unspecified atom stereocenters. The van der Waals surface area contributed by atoms with Gasteiger partial charge < -0.3 is 43.3 Å². The molecule has 0 saturated carbocycles. The van der Waals surface area contributed by atoms with Gasteiger partial charge in [-0.05, 0) is 149 Å². The van der Waals surface area contributed by atoms with Crippen molar-refractivity contribution in [3.8, 4) is 0 Å². The molecule has 4 radical (unpaired) electrons. The minimum atomic E-state index is -10.7. The monoisotopic (exact) mass is 2140 g/mol. The number of carbonyl (C=O) groups is 2. The Labute approximate surface area is 734 Å². The number of rotatable bonds is 12. The van der Waals surface area contributed by atoms with Gasteiger partial charge in [0.25, 0.3) is 0 Å². The van der Waals surface area contributed by atoms with E-state index in [9.17, 15) is 165 Å². The van der Waals surface area contributed by atoms with E-state index in [1.807, 2.05) is 71.0 Å². The first-order valence-corrected chi connectivity index (χ1v) is 46.8. The Morgan fingerprint density at radius 1 is 0.449 bits per heavy atom. The van der Waals surface area contributed by atoms with Crippen LogP contribution >= 0.6 is 54.2 Å². The number of carboxylic acid groups (broad SMARTS) is 2. The normalized spacial score (nSPS) is 12.7. The molecule has 0 atom stereocenters. The SMILES string of the molecule is CC(C)c1cc(C(C)C)c(S(=O)(=O)[O-])c(C(C)C)c1.Cc1ccc(S(=O)(=O)[O-])cc1.FC(F)(F)c1ccc([S+](c2ccc(Cl)cc2)c2ccc(Cl)cc2)cc1.F[P-](F)(F)(F)(F)F.O=C([O-])C(Cl)Cl.O=C([O-])C(O)(c1ccccc1)c1ccccc1.O=S(=O)([O-])C(F)(F)F.[B]c1c(F)c(F)c(F)c(F)c1F.[B]c1cc(C(F)(F)F)cc(C(F)(F)F)c1.[F-].[F][Sb]([F])([F])([F])[F]. The molecule has 0 fully saturated rings. The molecular formula is C72H57B2Cl4F29O14PS4Sb-6. The number of hydrogen-bond donors (Lipinski definition) is 1. The van der Waals surface area contributed by atoms with Crippen LogP contribution < -0.4 is 25.8 Å². The van der Waals surface area contributed by atoms with Gasteiger partial charge >= 0.3 is 91.4 Å². The number of aliphatic carboxylic acids is 2. The van der Waals surface area contributed by atoms with E-state index < -0.39 is 172 Å². The fourth-order valence-corrected chi connectivity index (χ4v) is 12.5. The Bertz CT molecular complexity index is 5180. The number of benzene rings is 9. The summed E-state index contributed by atoms with van der Waals surface area (Å²) in [5, 5.41) is 32.2. The van der Waals surface area contributed by atoms with Crippen molar-refractivity contribution < 1.29 is 182 Å². The van der Waals surface area contributed by atoms with Crippen molar-refractivity contribution in [3.63, 3.8) is 0 Å². The molecule has 0 aliphatic heterocycles. The second-order valence-corrected chi connectivity index (χ2v) is 38.7. The summed E-state index contributed by atoms with van der Waals surface area (Å²) in [7, 11) is -16.5. The van der Waals surface area contributed by atoms with Crippen molar-refractivity contribution >= 4 is 154 Å². The fourth-order valence-electron chi connectivity index (χ4n) is 8.57. The zero-order chi connectivity index (χ0) is 99.1. The summed E-state index contributed by atoms with van der Waals surface area (Å²) in [6.45, 7) is 13.6. The number of aryl methyl sites for hydroxylation is 1. The number of aliphatic hydroxyl groups is 1. The third-order valence-electron chi connectivity index (χ3n) is 14.1. The summed E-state index contributed by atoms with van der Waals surface area (Å²) in [6.07, 6.45) is -14.0. The molecule has 1 N–H and O–H groups in total. The first kappa shape index (κ1) is 122. The van der Waals surface area contributed by atoms with Gasteiger partial charge in [-0.2, -0.15) is 52.7 Å². The van der Waals surface area contributed by atoms with Crippen molar-refractivity contribution in [2.75, 3.05) is 0 Å². The van der Waals surface area contributed by atoms with Gasteiger partial charge in [-0.3, -0.25) is 0 Å². The van der Waals surface area contributed by atoms with Gasteiger partial charge in [-0.25, -0.2) is 47.2 Å². The molecule has 9 rings (SSSR count). The summed E-state index contributed by atoms with van der Waals surface area (Å²) >= 11 is 12.2. The van der Waals surface area contributed by atoms with Crippen LogP contribution in [0.4, 0.5) is 114 Å². The summed E-state index contributed by atoms with van der Waals surface area (Å²) < 4.78 is 406. The van der Waals surface area contributed by atoms with Crippen LogP contribution in [0.2, 0.25) is 10.0 Å². The van der Waals surface area contributed by atoms with E-state index in [0.29, 0.717) is 39.2 Å². The average Bonchev–Trinajstić information content (AvgIpc) is 0.787. The molecule has 9 aromatic rings. The van der Waals surface area contributed by atoms with Gasteiger partial charge in [-0.15, -0.1) is 0 Å². The molecule has 0 saturated heterocycles. The molecule has 0 amide bonds. The van der Waals surface area contributed by atoms with E-state index in [1.165, 1.54) is 24.3 Å². The third kappa shape index (κ3) is 46.7. The van der Waals surface area contributed by atoms with Gasteiger partial charge in [0.05, 0.1) is 49.3 Å². The van der Waals surface area contributed by atoms with Gasteiger partial charge in [0.2, 0.25) is 0 Å². The topological polar surface area (TPSA) is 272 Å². The van der Waals surface area contributed by atoms with Crippen LogP contribution in [0.1, 0.15) is 109 Å². The number of halogens is 33.